The molecule has 1 heteroatoms. The van der Waals surface area contributed by atoms with E-state index in [4.69, 9.17) is 4.74 Å². The van der Waals surface area contributed by atoms with Crippen LogP contribution in [0.3, 0.4) is 0 Å². The van der Waals surface area contributed by atoms with Gasteiger partial charge in [0.05, 0.1) is 5.41 Å². The molecular weight excluding hydrogens is 677 g/mol. The predicted octanol–water partition coefficient (Wildman–Crippen LogP) is 14.6. The first-order chi connectivity index (χ1) is 27.8. The minimum absolute atomic E-state index is 0.525. The van der Waals surface area contributed by atoms with Gasteiger partial charge in [0.2, 0.25) is 0 Å². The van der Waals surface area contributed by atoms with Gasteiger partial charge in [0.25, 0.3) is 0 Å². The molecule has 1 nitrogen and oxygen atoms in total. The zero-order valence-corrected chi connectivity index (χ0v) is 30.4. The maximum atomic E-state index is 6.54. The summed E-state index contributed by atoms with van der Waals surface area (Å²) in [6, 6.07) is 72.2. The van der Waals surface area contributed by atoms with E-state index in [0.717, 1.165) is 17.1 Å². The van der Waals surface area contributed by atoms with E-state index in [9.17, 15) is 0 Å². The fourth-order valence-electron chi connectivity index (χ4n) is 10.7. The highest BCUT2D eigenvalue weighted by Crippen LogP contribution is 2.66. The molecule has 0 saturated heterocycles. The molecular formula is C55H32O. The van der Waals surface area contributed by atoms with Crippen LogP contribution in [0.15, 0.2) is 194 Å². The lowest BCUT2D eigenvalue weighted by atomic mass is 9.68. The Hall–Kier alpha value is -7.22. The maximum Gasteiger partial charge on any atom is 0.135 e. The molecule has 3 aliphatic rings. The summed E-state index contributed by atoms with van der Waals surface area (Å²) >= 11 is 0. The third kappa shape index (κ3) is 3.75. The zero-order chi connectivity index (χ0) is 36.5. The van der Waals surface area contributed by atoms with E-state index in [-0.39, 0.29) is 0 Å². The quantitative estimate of drug-likeness (QED) is 0.174. The van der Waals surface area contributed by atoms with Gasteiger partial charge in [-0.25, -0.2) is 0 Å². The summed E-state index contributed by atoms with van der Waals surface area (Å²) in [5.74, 6) is 1.82. The van der Waals surface area contributed by atoms with Crippen LogP contribution in [-0.4, -0.2) is 0 Å². The Morgan fingerprint density at radius 2 is 0.929 bits per heavy atom. The van der Waals surface area contributed by atoms with Crippen molar-refractivity contribution in [3.05, 3.63) is 216 Å². The minimum atomic E-state index is -0.525. The largest absolute Gasteiger partial charge is 0.456 e. The fourth-order valence-corrected chi connectivity index (χ4v) is 10.7. The lowest BCUT2D eigenvalue weighted by Gasteiger charge is -2.32. The SMILES string of the molecule is c1ccc2c(c1)Oc1ccc(-c3ccc4c(c3)C3(c5ccccc5-c5ccccc53)c3c-4c(-c4cccc5ccccc45)cc4ccccc34)c3cccc-2c13. The van der Waals surface area contributed by atoms with E-state index < -0.39 is 5.41 Å². The van der Waals surface area contributed by atoms with Crippen LogP contribution in [0.5, 0.6) is 11.5 Å². The van der Waals surface area contributed by atoms with Crippen LogP contribution in [0, 0.1) is 0 Å². The fraction of sp³-hybridized carbons (Fsp3) is 0.0182. The second-order valence-corrected chi connectivity index (χ2v) is 15.5. The minimum Gasteiger partial charge on any atom is -0.456 e. The molecule has 0 bridgehead atoms. The number of ether oxygens (including phenoxy) is 1. The topological polar surface area (TPSA) is 9.23 Å². The lowest BCUT2D eigenvalue weighted by molar-refractivity contribution is 0.487. The molecule has 0 aromatic heterocycles. The average molecular weight is 709 g/mol. The van der Waals surface area contributed by atoms with Crippen molar-refractivity contribution in [1.82, 2.24) is 0 Å². The number of benzene rings is 10. The predicted molar refractivity (Wildman–Crippen MR) is 232 cm³/mol. The van der Waals surface area contributed by atoms with Gasteiger partial charge in [0.1, 0.15) is 11.5 Å². The molecule has 0 N–H and O–H groups in total. The molecule has 13 rings (SSSR count). The summed E-state index contributed by atoms with van der Waals surface area (Å²) in [7, 11) is 0. The van der Waals surface area contributed by atoms with Gasteiger partial charge in [-0.2, -0.15) is 0 Å². The summed E-state index contributed by atoms with van der Waals surface area (Å²) in [5, 5.41) is 7.45. The zero-order valence-electron chi connectivity index (χ0n) is 30.4. The van der Waals surface area contributed by atoms with Gasteiger partial charge in [0.15, 0.2) is 0 Å². The Balaban J connectivity index is 1.17. The first-order valence-electron chi connectivity index (χ1n) is 19.5. The van der Waals surface area contributed by atoms with E-state index in [2.05, 4.69) is 188 Å². The van der Waals surface area contributed by atoms with Gasteiger partial charge < -0.3 is 4.74 Å². The summed E-state index contributed by atoms with van der Waals surface area (Å²) in [6.07, 6.45) is 0. The highest BCUT2D eigenvalue weighted by molar-refractivity contribution is 6.14. The number of hydrogen-bond donors (Lipinski definition) is 0. The van der Waals surface area contributed by atoms with Gasteiger partial charge in [-0.3, -0.25) is 0 Å². The van der Waals surface area contributed by atoms with Gasteiger partial charge >= 0.3 is 0 Å². The Bertz CT molecular complexity index is 3300. The van der Waals surface area contributed by atoms with Crippen molar-refractivity contribution >= 4 is 32.3 Å². The Morgan fingerprint density at radius 1 is 0.321 bits per heavy atom. The number of para-hydroxylation sites is 1. The van der Waals surface area contributed by atoms with Crippen LogP contribution in [-0.2, 0) is 5.41 Å². The molecule has 56 heavy (non-hydrogen) atoms. The van der Waals surface area contributed by atoms with Gasteiger partial charge in [-0.15, -0.1) is 0 Å². The summed E-state index contributed by atoms with van der Waals surface area (Å²) < 4.78 is 6.54. The smallest absolute Gasteiger partial charge is 0.135 e. The Labute approximate surface area is 324 Å². The van der Waals surface area contributed by atoms with Crippen LogP contribution in [0.1, 0.15) is 22.3 Å². The Morgan fingerprint density at radius 3 is 1.77 bits per heavy atom. The third-order valence-electron chi connectivity index (χ3n) is 12.9. The normalized spacial score (nSPS) is 13.6. The highest BCUT2D eigenvalue weighted by atomic mass is 16.5. The molecule has 10 aromatic carbocycles. The molecule has 0 fully saturated rings. The molecule has 0 atom stereocenters. The number of rotatable bonds is 2. The van der Waals surface area contributed by atoms with Crippen molar-refractivity contribution in [2.24, 2.45) is 0 Å². The van der Waals surface area contributed by atoms with Crippen LogP contribution < -0.4 is 4.74 Å². The molecule has 0 saturated carbocycles. The molecule has 1 aliphatic heterocycles. The van der Waals surface area contributed by atoms with Crippen LogP contribution in [0.2, 0.25) is 0 Å². The van der Waals surface area contributed by atoms with E-state index >= 15 is 0 Å². The molecule has 0 unspecified atom stereocenters. The van der Waals surface area contributed by atoms with Crippen molar-refractivity contribution in [1.29, 1.82) is 0 Å². The van der Waals surface area contributed by atoms with E-state index in [1.54, 1.807) is 0 Å². The summed E-state index contributed by atoms with van der Waals surface area (Å²) in [5.41, 5.74) is 17.4. The van der Waals surface area contributed by atoms with Gasteiger partial charge in [-0.05, 0) is 124 Å². The van der Waals surface area contributed by atoms with Crippen molar-refractivity contribution in [2.45, 2.75) is 5.41 Å². The molecule has 0 radical (unpaired) electrons. The van der Waals surface area contributed by atoms with Crippen LogP contribution in [0.4, 0.5) is 0 Å². The number of hydrogen-bond acceptors (Lipinski definition) is 1. The van der Waals surface area contributed by atoms with E-state index in [0.29, 0.717) is 0 Å². The molecule has 2 aliphatic carbocycles. The lowest BCUT2D eigenvalue weighted by Crippen LogP contribution is -2.26. The molecule has 1 heterocycles. The van der Waals surface area contributed by atoms with E-state index in [1.807, 2.05) is 6.07 Å². The van der Waals surface area contributed by atoms with Crippen molar-refractivity contribution in [2.75, 3.05) is 0 Å². The van der Waals surface area contributed by atoms with Gasteiger partial charge in [-0.1, -0.05) is 170 Å². The standard InChI is InChI=1S/C55H32O/c1-3-16-36-33(13-1)15-11-21-39(36)46-31-34-14-2-4-17-38(34)54-53(46)45-28-27-35(32-49(45)55(54)47-24-8-5-18-40(47)41-19-6-9-25-48(41)55)37-29-30-51-52-43(37)22-12-23-44(52)42-20-7-10-26-50(42)56-51/h1-32H. The monoisotopic (exact) mass is 708 g/mol. The van der Waals surface area contributed by atoms with Gasteiger partial charge in [0, 0.05) is 10.9 Å². The molecule has 0 amide bonds. The summed E-state index contributed by atoms with van der Waals surface area (Å²) in [6.45, 7) is 0. The maximum absolute atomic E-state index is 6.54. The third-order valence-corrected chi connectivity index (χ3v) is 12.9. The first-order valence-corrected chi connectivity index (χ1v) is 19.5. The Kier molecular flexibility index (Phi) is 5.89. The number of fused-ring (bicyclic) bond motifs is 15. The van der Waals surface area contributed by atoms with Crippen LogP contribution >= 0.6 is 0 Å². The average Bonchev–Trinajstić information content (AvgIpc) is 3.74. The van der Waals surface area contributed by atoms with Crippen molar-refractivity contribution < 1.29 is 4.74 Å². The molecule has 10 aromatic rings. The highest BCUT2D eigenvalue weighted by Gasteiger charge is 2.53. The van der Waals surface area contributed by atoms with Crippen molar-refractivity contribution in [3.8, 4) is 67.1 Å². The summed E-state index contributed by atoms with van der Waals surface area (Å²) in [4.78, 5) is 0. The molecule has 258 valence electrons. The second-order valence-electron chi connectivity index (χ2n) is 15.5. The first kappa shape index (κ1) is 30.1. The van der Waals surface area contributed by atoms with Crippen LogP contribution in [0.25, 0.3) is 88.0 Å². The molecule has 1 spiro atoms. The van der Waals surface area contributed by atoms with Crippen molar-refractivity contribution in [3.63, 3.8) is 0 Å². The van der Waals surface area contributed by atoms with E-state index in [1.165, 1.54) is 105 Å². The second kappa shape index (κ2) is 10.9.